The van der Waals surface area contributed by atoms with Crippen molar-refractivity contribution in [2.24, 2.45) is 0 Å². The number of hydrogen-bond acceptors (Lipinski definition) is 3. The molecule has 2 N–H and O–H groups in total. The van der Waals surface area contributed by atoms with Crippen LogP contribution in [0.3, 0.4) is 0 Å². The van der Waals surface area contributed by atoms with Crippen molar-refractivity contribution in [1.82, 2.24) is 9.55 Å². The molecule has 2 aromatic rings. The maximum absolute atomic E-state index is 5.97. The minimum atomic E-state index is 0.716. The number of thioether (sulfide) groups is 1. The van der Waals surface area contributed by atoms with E-state index in [2.05, 4.69) is 16.5 Å². The Kier molecular flexibility index (Phi) is 4.55. The Labute approximate surface area is 116 Å². The van der Waals surface area contributed by atoms with Gasteiger partial charge in [-0.05, 0) is 24.6 Å². The molecule has 3 nitrogen and oxygen atoms in total. The molecule has 0 fully saturated rings. The third kappa shape index (κ3) is 3.21. The predicted molar refractivity (Wildman–Crippen MR) is 77.9 cm³/mol. The zero-order valence-corrected chi connectivity index (χ0v) is 11.8. The van der Waals surface area contributed by atoms with Gasteiger partial charge in [0.25, 0.3) is 0 Å². The minimum absolute atomic E-state index is 0.716. The molecule has 0 atom stereocenters. The third-order valence-corrected chi connectivity index (χ3v) is 3.95. The fourth-order valence-electron chi connectivity index (χ4n) is 1.70. The van der Waals surface area contributed by atoms with E-state index in [0.29, 0.717) is 5.02 Å². The molecule has 0 saturated carbocycles. The van der Waals surface area contributed by atoms with Crippen LogP contribution in [-0.2, 0) is 12.3 Å². The molecule has 0 aliphatic rings. The molecule has 0 aliphatic carbocycles. The van der Waals surface area contributed by atoms with Crippen molar-refractivity contribution in [3.63, 3.8) is 0 Å². The monoisotopic (exact) mass is 281 g/mol. The van der Waals surface area contributed by atoms with Crippen molar-refractivity contribution >= 4 is 29.1 Å². The highest BCUT2D eigenvalue weighted by Crippen LogP contribution is 2.30. The van der Waals surface area contributed by atoms with Crippen molar-refractivity contribution in [1.29, 1.82) is 0 Å². The molecule has 5 heteroatoms. The van der Waals surface area contributed by atoms with E-state index in [-0.39, 0.29) is 0 Å². The number of hydrogen-bond donors (Lipinski definition) is 1. The Hall–Kier alpha value is -1.13. The van der Waals surface area contributed by atoms with Crippen LogP contribution in [-0.4, -0.2) is 9.55 Å². The number of imidazole rings is 1. The highest BCUT2D eigenvalue weighted by Gasteiger charge is 2.05. The smallest absolute Gasteiger partial charge is 0.0948 e. The molecule has 1 aromatic heterocycles. The number of benzene rings is 1. The molecule has 0 aliphatic heterocycles. The molecule has 0 unspecified atom stereocenters. The molecule has 0 bridgehead atoms. The lowest BCUT2D eigenvalue weighted by molar-refractivity contribution is 0.659. The van der Waals surface area contributed by atoms with Crippen LogP contribution in [0.4, 0.5) is 5.69 Å². The lowest BCUT2D eigenvalue weighted by Crippen LogP contribution is -1.99. The van der Waals surface area contributed by atoms with Crippen LogP contribution in [0.1, 0.15) is 19.0 Å². The average Bonchev–Trinajstić information content (AvgIpc) is 2.78. The molecule has 1 aromatic carbocycles. The molecule has 18 heavy (non-hydrogen) atoms. The first kappa shape index (κ1) is 13.3. The number of nitrogens with zero attached hydrogens (tertiary/aromatic N) is 2. The van der Waals surface area contributed by atoms with Crippen molar-refractivity contribution in [3.8, 4) is 0 Å². The second-order valence-corrected chi connectivity index (χ2v) is 5.50. The van der Waals surface area contributed by atoms with Crippen LogP contribution >= 0.6 is 23.4 Å². The summed E-state index contributed by atoms with van der Waals surface area (Å²) in [6.07, 6.45) is 4.89. The number of halogens is 1. The van der Waals surface area contributed by atoms with Crippen LogP contribution in [0.5, 0.6) is 0 Å². The van der Waals surface area contributed by atoms with Gasteiger partial charge in [0.1, 0.15) is 0 Å². The second kappa shape index (κ2) is 6.16. The molecule has 0 radical (unpaired) electrons. The van der Waals surface area contributed by atoms with Gasteiger partial charge in [-0.2, -0.15) is 0 Å². The molecule has 1 heterocycles. The van der Waals surface area contributed by atoms with Gasteiger partial charge in [0.2, 0.25) is 0 Å². The summed E-state index contributed by atoms with van der Waals surface area (Å²) < 4.78 is 2.17. The maximum Gasteiger partial charge on any atom is 0.0948 e. The standard InChI is InChI=1S/C13H16ClN3S/c1-2-5-17-9-16-7-11(17)8-18-13-6-10(14)3-4-12(13)15/h3-4,6-7,9H,2,5,8,15H2,1H3. The van der Waals surface area contributed by atoms with Crippen LogP contribution in [0.15, 0.2) is 35.6 Å². The summed E-state index contributed by atoms with van der Waals surface area (Å²) in [6.45, 7) is 3.16. The SMILES string of the molecule is CCCn1cncc1CSc1cc(Cl)ccc1N. The third-order valence-electron chi connectivity index (χ3n) is 2.61. The zero-order chi connectivity index (χ0) is 13.0. The van der Waals surface area contributed by atoms with Crippen molar-refractivity contribution in [3.05, 3.63) is 41.4 Å². The lowest BCUT2D eigenvalue weighted by Gasteiger charge is -2.08. The largest absolute Gasteiger partial charge is 0.398 e. The van der Waals surface area contributed by atoms with Gasteiger partial charge < -0.3 is 10.3 Å². The molecule has 96 valence electrons. The molecule has 0 spiro atoms. The Morgan fingerprint density at radius 2 is 2.28 bits per heavy atom. The van der Waals surface area contributed by atoms with Gasteiger partial charge in [0.15, 0.2) is 0 Å². The van der Waals surface area contributed by atoms with E-state index >= 15 is 0 Å². The zero-order valence-electron chi connectivity index (χ0n) is 10.3. The topological polar surface area (TPSA) is 43.8 Å². The summed E-state index contributed by atoms with van der Waals surface area (Å²) in [5.74, 6) is 0.852. The number of aromatic nitrogens is 2. The van der Waals surface area contributed by atoms with Gasteiger partial charge in [-0.1, -0.05) is 18.5 Å². The van der Waals surface area contributed by atoms with Crippen molar-refractivity contribution < 1.29 is 0 Å². The van der Waals surface area contributed by atoms with E-state index in [1.165, 1.54) is 5.69 Å². The van der Waals surface area contributed by atoms with E-state index in [9.17, 15) is 0 Å². The van der Waals surface area contributed by atoms with Gasteiger partial charge in [-0.25, -0.2) is 4.98 Å². The van der Waals surface area contributed by atoms with Crippen molar-refractivity contribution in [2.45, 2.75) is 30.5 Å². The highest BCUT2D eigenvalue weighted by molar-refractivity contribution is 7.98. The molecule has 0 saturated heterocycles. The molecular formula is C13H16ClN3S. The first-order valence-corrected chi connectivity index (χ1v) is 7.24. The van der Waals surface area contributed by atoms with Crippen LogP contribution < -0.4 is 5.73 Å². The van der Waals surface area contributed by atoms with Crippen LogP contribution in [0, 0.1) is 0 Å². The minimum Gasteiger partial charge on any atom is -0.398 e. The maximum atomic E-state index is 5.97. The number of nitrogens with two attached hydrogens (primary N) is 1. The summed E-state index contributed by atoms with van der Waals surface area (Å²) in [5.41, 5.74) is 7.90. The Balaban J connectivity index is 2.06. The van der Waals surface area contributed by atoms with E-state index in [1.54, 1.807) is 11.8 Å². The first-order valence-electron chi connectivity index (χ1n) is 5.87. The fraction of sp³-hybridized carbons (Fsp3) is 0.308. The molecule has 0 amide bonds. The normalized spacial score (nSPS) is 10.8. The summed E-state index contributed by atoms with van der Waals surface area (Å²) in [5, 5.41) is 0.716. The van der Waals surface area contributed by atoms with Gasteiger partial charge in [0.05, 0.1) is 6.33 Å². The van der Waals surface area contributed by atoms with E-state index in [1.807, 2.05) is 30.7 Å². The van der Waals surface area contributed by atoms with Crippen LogP contribution in [0.25, 0.3) is 0 Å². The van der Waals surface area contributed by atoms with E-state index < -0.39 is 0 Å². The van der Waals surface area contributed by atoms with Gasteiger partial charge in [0, 0.05) is 39.8 Å². The second-order valence-electron chi connectivity index (χ2n) is 4.05. The van der Waals surface area contributed by atoms with Gasteiger partial charge >= 0.3 is 0 Å². The van der Waals surface area contributed by atoms with Gasteiger partial charge in [-0.15, -0.1) is 11.8 Å². The summed E-state index contributed by atoms with van der Waals surface area (Å²) >= 11 is 7.66. The van der Waals surface area contributed by atoms with E-state index in [0.717, 1.165) is 29.3 Å². The lowest BCUT2D eigenvalue weighted by atomic mass is 10.3. The fourth-order valence-corrected chi connectivity index (χ4v) is 2.92. The van der Waals surface area contributed by atoms with E-state index in [4.69, 9.17) is 17.3 Å². The number of anilines is 1. The predicted octanol–water partition coefficient (Wildman–Crippen LogP) is 3.82. The summed E-state index contributed by atoms with van der Waals surface area (Å²) in [7, 11) is 0. The quantitative estimate of drug-likeness (QED) is 0.669. The average molecular weight is 282 g/mol. The first-order chi connectivity index (χ1) is 8.70. The Morgan fingerprint density at radius 3 is 3.06 bits per heavy atom. The van der Waals surface area contributed by atoms with Crippen LogP contribution in [0.2, 0.25) is 5.02 Å². The molecule has 2 rings (SSSR count). The Bertz CT molecular complexity index is 525. The number of rotatable bonds is 5. The van der Waals surface area contributed by atoms with Gasteiger partial charge in [-0.3, -0.25) is 0 Å². The Morgan fingerprint density at radius 1 is 1.44 bits per heavy atom. The van der Waals surface area contributed by atoms with Crippen molar-refractivity contribution in [2.75, 3.05) is 5.73 Å². The number of nitrogen functional groups attached to an aromatic ring is 1. The summed E-state index contributed by atoms with van der Waals surface area (Å²) in [4.78, 5) is 5.21. The number of aryl methyl sites for hydroxylation is 1. The highest BCUT2D eigenvalue weighted by atomic mass is 35.5. The molecular weight excluding hydrogens is 266 g/mol. The summed E-state index contributed by atoms with van der Waals surface area (Å²) in [6, 6.07) is 5.55.